The molecule has 0 spiro atoms. The summed E-state index contributed by atoms with van der Waals surface area (Å²) in [4.78, 5) is 2.37. The van der Waals surface area contributed by atoms with E-state index < -0.39 is 10.8 Å². The van der Waals surface area contributed by atoms with Crippen molar-refractivity contribution in [1.29, 1.82) is 0 Å². The summed E-state index contributed by atoms with van der Waals surface area (Å²) in [5, 5.41) is 3.19. The molecule has 1 heterocycles. The van der Waals surface area contributed by atoms with Crippen LogP contribution in [0.5, 0.6) is 0 Å². The van der Waals surface area contributed by atoms with E-state index in [1.165, 1.54) is 0 Å². The summed E-state index contributed by atoms with van der Waals surface area (Å²) in [5.41, 5.74) is 0. The largest absolute Gasteiger partial charge is 0.305 e. The Labute approximate surface area is 88.7 Å². The SMILES string of the molecule is C#CCNCC(C)N1CCS(=O)CC1. The molecule has 1 atom stereocenters. The van der Waals surface area contributed by atoms with E-state index in [2.05, 4.69) is 23.1 Å². The van der Waals surface area contributed by atoms with Crippen molar-refractivity contribution in [2.75, 3.05) is 37.7 Å². The Bertz CT molecular complexity index is 227. The second-order valence-corrected chi connectivity index (χ2v) is 5.26. The highest BCUT2D eigenvalue weighted by atomic mass is 32.2. The maximum Gasteiger partial charge on any atom is 0.0574 e. The molecule has 1 saturated heterocycles. The summed E-state index contributed by atoms with van der Waals surface area (Å²) in [5.74, 6) is 4.19. The third-order valence-electron chi connectivity index (χ3n) is 2.50. The lowest BCUT2D eigenvalue weighted by Crippen LogP contribution is -2.47. The Hall–Kier alpha value is -0.370. The fourth-order valence-corrected chi connectivity index (χ4v) is 2.66. The van der Waals surface area contributed by atoms with E-state index in [1.54, 1.807) is 0 Å². The van der Waals surface area contributed by atoms with Gasteiger partial charge >= 0.3 is 0 Å². The first-order chi connectivity index (χ1) is 6.74. The van der Waals surface area contributed by atoms with E-state index >= 15 is 0 Å². The van der Waals surface area contributed by atoms with Gasteiger partial charge in [-0.3, -0.25) is 9.11 Å². The minimum atomic E-state index is -0.579. The predicted octanol–water partition coefficient (Wildman–Crippen LogP) is -0.338. The first-order valence-corrected chi connectivity index (χ1v) is 6.46. The van der Waals surface area contributed by atoms with Gasteiger partial charge in [-0.05, 0) is 6.92 Å². The van der Waals surface area contributed by atoms with Crippen LogP contribution in [0.3, 0.4) is 0 Å². The molecule has 1 unspecified atom stereocenters. The lowest BCUT2D eigenvalue weighted by atomic mass is 10.2. The van der Waals surface area contributed by atoms with Gasteiger partial charge < -0.3 is 5.32 Å². The summed E-state index contributed by atoms with van der Waals surface area (Å²) in [6.07, 6.45) is 5.15. The smallest absolute Gasteiger partial charge is 0.0574 e. The van der Waals surface area contributed by atoms with Crippen LogP contribution in [0.1, 0.15) is 6.92 Å². The summed E-state index contributed by atoms with van der Waals surface area (Å²) in [6.45, 7) is 5.62. The van der Waals surface area contributed by atoms with Crippen molar-refractivity contribution in [1.82, 2.24) is 10.2 Å². The summed E-state index contributed by atoms with van der Waals surface area (Å²) in [7, 11) is -0.579. The van der Waals surface area contributed by atoms with Gasteiger partial charge in [0.1, 0.15) is 0 Å². The molecule has 0 amide bonds. The van der Waals surface area contributed by atoms with Crippen LogP contribution < -0.4 is 5.32 Å². The van der Waals surface area contributed by atoms with Gasteiger partial charge in [-0.25, -0.2) is 0 Å². The van der Waals surface area contributed by atoms with Crippen LogP contribution in [-0.4, -0.2) is 52.8 Å². The van der Waals surface area contributed by atoms with Crippen molar-refractivity contribution in [3.05, 3.63) is 0 Å². The van der Waals surface area contributed by atoms with Crippen molar-refractivity contribution < 1.29 is 4.21 Å². The second kappa shape index (κ2) is 6.18. The number of hydrogen-bond acceptors (Lipinski definition) is 3. The third-order valence-corrected chi connectivity index (χ3v) is 3.78. The van der Waals surface area contributed by atoms with Gasteiger partial charge in [0.15, 0.2) is 0 Å². The predicted molar refractivity (Wildman–Crippen MR) is 60.6 cm³/mol. The van der Waals surface area contributed by atoms with Gasteiger partial charge in [-0.2, -0.15) is 0 Å². The van der Waals surface area contributed by atoms with Crippen molar-refractivity contribution >= 4 is 10.8 Å². The molecule has 0 bridgehead atoms. The van der Waals surface area contributed by atoms with Crippen molar-refractivity contribution in [3.8, 4) is 12.3 Å². The van der Waals surface area contributed by atoms with Crippen molar-refractivity contribution in [2.24, 2.45) is 0 Å². The maximum absolute atomic E-state index is 11.1. The number of hydrogen-bond donors (Lipinski definition) is 1. The maximum atomic E-state index is 11.1. The number of nitrogens with one attached hydrogen (secondary N) is 1. The zero-order valence-electron chi connectivity index (χ0n) is 8.66. The van der Waals surface area contributed by atoms with E-state index in [1.807, 2.05) is 0 Å². The fourth-order valence-electron chi connectivity index (χ4n) is 1.58. The molecular weight excluding hydrogens is 196 g/mol. The Balaban J connectivity index is 2.20. The van der Waals surface area contributed by atoms with Crippen LogP contribution in [-0.2, 0) is 10.8 Å². The monoisotopic (exact) mass is 214 g/mol. The van der Waals surface area contributed by atoms with Crippen LogP contribution >= 0.6 is 0 Å². The summed E-state index contributed by atoms with van der Waals surface area (Å²) >= 11 is 0. The highest BCUT2D eigenvalue weighted by molar-refractivity contribution is 7.85. The molecule has 0 radical (unpaired) electrons. The first kappa shape index (κ1) is 11.7. The zero-order valence-corrected chi connectivity index (χ0v) is 9.48. The van der Waals surface area contributed by atoms with Crippen LogP contribution in [0.4, 0.5) is 0 Å². The summed E-state index contributed by atoms with van der Waals surface area (Å²) < 4.78 is 11.1. The van der Waals surface area contributed by atoms with Crippen LogP contribution in [0, 0.1) is 12.3 Å². The lowest BCUT2D eigenvalue weighted by molar-refractivity contribution is 0.225. The fraction of sp³-hybridized carbons (Fsp3) is 0.800. The number of nitrogens with zero attached hydrogens (tertiary/aromatic N) is 1. The molecule has 1 N–H and O–H groups in total. The normalized spacial score (nSPS) is 21.7. The minimum absolute atomic E-state index is 0.487. The topological polar surface area (TPSA) is 32.3 Å². The average Bonchev–Trinajstić information content (AvgIpc) is 2.19. The molecular formula is C10H18N2OS. The Morgan fingerprint density at radius 2 is 2.21 bits per heavy atom. The quantitative estimate of drug-likeness (QED) is 0.513. The van der Waals surface area contributed by atoms with E-state index in [9.17, 15) is 4.21 Å². The molecule has 0 aromatic carbocycles. The van der Waals surface area contributed by atoms with Crippen molar-refractivity contribution in [3.63, 3.8) is 0 Å². The van der Waals surface area contributed by atoms with Gasteiger partial charge in [-0.1, -0.05) is 5.92 Å². The van der Waals surface area contributed by atoms with Crippen LogP contribution in [0.2, 0.25) is 0 Å². The van der Waals surface area contributed by atoms with E-state index in [0.29, 0.717) is 12.6 Å². The van der Waals surface area contributed by atoms with E-state index in [0.717, 1.165) is 31.1 Å². The molecule has 1 fully saturated rings. The van der Waals surface area contributed by atoms with Gasteiger partial charge in [0.2, 0.25) is 0 Å². The van der Waals surface area contributed by atoms with E-state index in [-0.39, 0.29) is 0 Å². The van der Waals surface area contributed by atoms with Gasteiger partial charge in [0, 0.05) is 48.0 Å². The molecule has 0 aromatic rings. The highest BCUT2D eigenvalue weighted by Gasteiger charge is 2.19. The van der Waals surface area contributed by atoms with Crippen molar-refractivity contribution in [2.45, 2.75) is 13.0 Å². The molecule has 1 aliphatic rings. The molecule has 1 rings (SSSR count). The average molecular weight is 214 g/mol. The number of terminal acetylenes is 1. The van der Waals surface area contributed by atoms with Crippen LogP contribution in [0.25, 0.3) is 0 Å². The highest BCUT2D eigenvalue weighted by Crippen LogP contribution is 2.04. The molecule has 1 aliphatic heterocycles. The second-order valence-electron chi connectivity index (χ2n) is 3.57. The molecule has 14 heavy (non-hydrogen) atoms. The molecule has 0 aromatic heterocycles. The van der Waals surface area contributed by atoms with E-state index in [4.69, 9.17) is 6.42 Å². The Morgan fingerprint density at radius 3 is 2.79 bits per heavy atom. The lowest BCUT2D eigenvalue weighted by Gasteiger charge is -2.31. The standard InChI is InChI=1S/C10H18N2OS/c1-3-4-11-9-10(2)12-5-7-14(13)8-6-12/h1,10-11H,4-9H2,2H3. The number of rotatable bonds is 4. The Kier molecular flexibility index (Phi) is 5.16. The van der Waals surface area contributed by atoms with Gasteiger partial charge in [0.25, 0.3) is 0 Å². The van der Waals surface area contributed by atoms with Gasteiger partial charge in [-0.15, -0.1) is 6.42 Å². The molecule has 4 heteroatoms. The molecule has 0 saturated carbocycles. The summed E-state index contributed by atoms with van der Waals surface area (Å²) in [6, 6.07) is 0.487. The minimum Gasteiger partial charge on any atom is -0.305 e. The molecule has 80 valence electrons. The van der Waals surface area contributed by atoms with Crippen LogP contribution in [0.15, 0.2) is 0 Å². The first-order valence-electron chi connectivity index (χ1n) is 4.97. The van der Waals surface area contributed by atoms with Gasteiger partial charge in [0.05, 0.1) is 6.54 Å². The molecule has 0 aliphatic carbocycles. The third kappa shape index (κ3) is 3.79. The molecule has 3 nitrogen and oxygen atoms in total. The zero-order chi connectivity index (χ0) is 10.4. The Morgan fingerprint density at radius 1 is 1.57 bits per heavy atom.